The van der Waals surface area contributed by atoms with Gasteiger partial charge in [0.25, 0.3) is 0 Å². The molecule has 0 aliphatic carbocycles. The molecule has 13 heavy (non-hydrogen) atoms. The van der Waals surface area contributed by atoms with E-state index in [1.165, 1.54) is 5.94 Å². The van der Waals surface area contributed by atoms with E-state index in [0.29, 0.717) is 13.1 Å². The number of nitrogens with zero attached hydrogens (tertiary/aromatic N) is 2. The van der Waals surface area contributed by atoms with Crippen LogP contribution in [0.3, 0.4) is 0 Å². The first-order chi connectivity index (χ1) is 6.22. The normalized spacial score (nSPS) is 19.2. The van der Waals surface area contributed by atoms with Crippen molar-refractivity contribution in [2.45, 2.75) is 0 Å². The van der Waals surface area contributed by atoms with Crippen molar-refractivity contribution in [3.63, 3.8) is 0 Å². The molecule has 0 aromatic carbocycles. The number of likely N-dealkylation sites (N-methyl/N-ethyl adjacent to an activating group) is 1. The van der Waals surface area contributed by atoms with Crippen molar-refractivity contribution >= 4 is 11.9 Å². The molecule has 1 saturated heterocycles. The molecule has 0 aromatic rings. The van der Waals surface area contributed by atoms with E-state index in [4.69, 9.17) is 4.84 Å². The summed E-state index contributed by atoms with van der Waals surface area (Å²) in [5.74, 6) is 0.726. The summed E-state index contributed by atoms with van der Waals surface area (Å²) in [5, 5.41) is 1.55. The summed E-state index contributed by atoms with van der Waals surface area (Å²) in [6, 6.07) is 0. The molecule has 1 aliphatic rings. The van der Waals surface area contributed by atoms with Crippen LogP contribution in [0.1, 0.15) is 0 Å². The molecule has 0 atom stereocenters. The van der Waals surface area contributed by atoms with Crippen molar-refractivity contribution < 1.29 is 14.4 Å². The molecule has 0 radical (unpaired) electrons. The molecular weight excluding hydrogens is 172 g/mol. The van der Waals surface area contributed by atoms with Gasteiger partial charge in [0.1, 0.15) is 12.0 Å². The number of rotatable bonds is 2. The minimum Gasteiger partial charge on any atom is -0.364 e. The van der Waals surface area contributed by atoms with Crippen LogP contribution in [0.5, 0.6) is 0 Å². The molecule has 5 nitrogen and oxygen atoms in total. The second-order valence-corrected chi connectivity index (χ2v) is 2.90. The fraction of sp³-hybridized carbons (Fsp3) is 0.625. The summed E-state index contributed by atoms with van der Waals surface area (Å²) < 4.78 is 0. The Morgan fingerprint density at radius 1 is 1.38 bits per heavy atom. The van der Waals surface area contributed by atoms with Gasteiger partial charge in [-0.15, -0.1) is 5.06 Å². The van der Waals surface area contributed by atoms with Gasteiger partial charge in [-0.25, -0.2) is 9.59 Å². The Morgan fingerprint density at radius 2 is 2.00 bits per heavy atom. The smallest absolute Gasteiger partial charge is 0.360 e. The molecule has 1 aliphatic heterocycles. The summed E-state index contributed by atoms with van der Waals surface area (Å²) in [7, 11) is 2.00. The average molecular weight is 184 g/mol. The fourth-order valence-corrected chi connectivity index (χ4v) is 1.08. The molecule has 0 saturated carbocycles. The molecule has 72 valence electrons. The van der Waals surface area contributed by atoms with Gasteiger partial charge in [-0.3, -0.25) is 0 Å². The van der Waals surface area contributed by atoms with Gasteiger partial charge in [0.05, 0.1) is 0 Å². The van der Waals surface area contributed by atoms with Gasteiger partial charge in [0, 0.05) is 26.2 Å². The zero-order valence-electron chi connectivity index (χ0n) is 7.52. The summed E-state index contributed by atoms with van der Waals surface area (Å²) in [6.45, 7) is 3.07. The quantitative estimate of drug-likeness (QED) is 0.410. The van der Waals surface area contributed by atoms with Crippen LogP contribution in [0.15, 0.2) is 6.08 Å². The Kier molecular flexibility index (Phi) is 3.64. The number of piperazine rings is 1. The highest BCUT2D eigenvalue weighted by molar-refractivity contribution is 5.89. The maximum Gasteiger partial charge on any atom is 0.360 e. The largest absolute Gasteiger partial charge is 0.364 e. The lowest BCUT2D eigenvalue weighted by Gasteiger charge is -2.30. The van der Waals surface area contributed by atoms with Gasteiger partial charge >= 0.3 is 5.97 Å². The molecule has 1 rings (SSSR count). The molecule has 0 spiro atoms. The van der Waals surface area contributed by atoms with Crippen molar-refractivity contribution in [3.05, 3.63) is 6.08 Å². The Labute approximate surface area is 76.5 Å². The van der Waals surface area contributed by atoms with Gasteiger partial charge in [0.15, 0.2) is 0 Å². The SMILES string of the molecule is CN1CCN(OC(=O)C=C=O)CC1. The predicted molar refractivity (Wildman–Crippen MR) is 45.4 cm³/mol. The third-order valence-corrected chi connectivity index (χ3v) is 1.86. The number of hydrogen-bond acceptors (Lipinski definition) is 5. The predicted octanol–water partition coefficient (Wildman–Crippen LogP) is -0.920. The van der Waals surface area contributed by atoms with Crippen molar-refractivity contribution in [1.29, 1.82) is 0 Å². The number of hydrogen-bond donors (Lipinski definition) is 0. The Bertz CT molecular complexity index is 228. The summed E-state index contributed by atoms with van der Waals surface area (Å²) in [6.07, 6.45) is 0.748. The van der Waals surface area contributed by atoms with E-state index in [9.17, 15) is 9.59 Å². The van der Waals surface area contributed by atoms with Crippen LogP contribution in [0.4, 0.5) is 0 Å². The third-order valence-electron chi connectivity index (χ3n) is 1.86. The van der Waals surface area contributed by atoms with Crippen LogP contribution < -0.4 is 0 Å². The second-order valence-electron chi connectivity index (χ2n) is 2.90. The van der Waals surface area contributed by atoms with Crippen LogP contribution in [-0.2, 0) is 14.4 Å². The monoisotopic (exact) mass is 184 g/mol. The molecule has 1 heterocycles. The van der Waals surface area contributed by atoms with E-state index in [2.05, 4.69) is 4.90 Å². The lowest BCUT2D eigenvalue weighted by Crippen LogP contribution is -2.44. The Balaban J connectivity index is 2.30. The summed E-state index contributed by atoms with van der Waals surface area (Å²) in [5.41, 5.74) is 0. The molecular formula is C8H12N2O3. The average Bonchev–Trinajstić information content (AvgIpc) is 2.09. The second kappa shape index (κ2) is 4.77. The first kappa shape index (κ1) is 9.92. The zero-order valence-corrected chi connectivity index (χ0v) is 7.52. The highest BCUT2D eigenvalue weighted by Gasteiger charge is 2.16. The van der Waals surface area contributed by atoms with Crippen molar-refractivity contribution in [2.24, 2.45) is 0 Å². The van der Waals surface area contributed by atoms with Gasteiger partial charge < -0.3 is 9.74 Å². The van der Waals surface area contributed by atoms with Crippen molar-refractivity contribution in [2.75, 3.05) is 33.2 Å². The zero-order chi connectivity index (χ0) is 9.68. The van der Waals surface area contributed by atoms with Crippen LogP contribution in [0, 0.1) is 0 Å². The highest BCUT2D eigenvalue weighted by atomic mass is 16.7. The third kappa shape index (κ3) is 3.38. The summed E-state index contributed by atoms with van der Waals surface area (Å²) >= 11 is 0. The van der Waals surface area contributed by atoms with Crippen LogP contribution in [0.2, 0.25) is 0 Å². The minimum absolute atomic E-state index is 0.653. The maximum absolute atomic E-state index is 10.8. The molecule has 0 amide bonds. The topological polar surface area (TPSA) is 49.9 Å². The maximum atomic E-state index is 10.8. The fourth-order valence-electron chi connectivity index (χ4n) is 1.08. The Morgan fingerprint density at radius 3 is 2.54 bits per heavy atom. The standard InChI is InChI=1S/C8H12N2O3/c1-9-3-5-10(6-4-9)13-8(12)2-7-11/h2H,3-6H2,1H3. The lowest BCUT2D eigenvalue weighted by atomic mass is 10.4. The first-order valence-electron chi connectivity index (χ1n) is 4.08. The minimum atomic E-state index is -0.653. The van der Waals surface area contributed by atoms with E-state index in [-0.39, 0.29) is 0 Å². The van der Waals surface area contributed by atoms with Gasteiger partial charge in [-0.2, -0.15) is 0 Å². The molecule has 0 aromatic heterocycles. The van der Waals surface area contributed by atoms with Gasteiger partial charge in [0.2, 0.25) is 0 Å². The van der Waals surface area contributed by atoms with E-state index in [1.54, 1.807) is 5.06 Å². The van der Waals surface area contributed by atoms with Crippen LogP contribution >= 0.6 is 0 Å². The van der Waals surface area contributed by atoms with Gasteiger partial charge in [-0.1, -0.05) is 0 Å². The van der Waals surface area contributed by atoms with E-state index >= 15 is 0 Å². The van der Waals surface area contributed by atoms with E-state index in [1.807, 2.05) is 7.05 Å². The van der Waals surface area contributed by atoms with Crippen LogP contribution in [0.25, 0.3) is 0 Å². The Hall–Kier alpha value is -1.16. The lowest BCUT2D eigenvalue weighted by molar-refractivity contribution is -0.190. The number of carbonyl (C=O) groups excluding carboxylic acids is 2. The van der Waals surface area contributed by atoms with E-state index < -0.39 is 5.97 Å². The van der Waals surface area contributed by atoms with Crippen LogP contribution in [-0.4, -0.2) is 55.1 Å². The van der Waals surface area contributed by atoms with Crippen molar-refractivity contribution in [1.82, 2.24) is 9.96 Å². The molecule has 1 fully saturated rings. The molecule has 0 unspecified atom stereocenters. The molecule has 0 N–H and O–H groups in total. The first-order valence-corrected chi connectivity index (χ1v) is 4.08. The van der Waals surface area contributed by atoms with E-state index in [0.717, 1.165) is 19.2 Å². The molecule has 0 bridgehead atoms. The number of hydroxylamine groups is 2. The van der Waals surface area contributed by atoms with Gasteiger partial charge in [-0.05, 0) is 7.05 Å². The summed E-state index contributed by atoms with van der Waals surface area (Å²) in [4.78, 5) is 27.6. The number of carbonyl (C=O) groups is 1. The molecule has 5 heteroatoms. The highest BCUT2D eigenvalue weighted by Crippen LogP contribution is 1.99. The van der Waals surface area contributed by atoms with Crippen molar-refractivity contribution in [3.8, 4) is 0 Å².